The fraction of sp³-hybridized carbons (Fsp3) is 0.438. The summed E-state index contributed by atoms with van der Waals surface area (Å²) in [5.41, 5.74) is -1.57. The van der Waals surface area contributed by atoms with E-state index in [1.807, 2.05) is 4.90 Å². The Bertz CT molecular complexity index is 677. The number of methoxy groups -OCH3 is 1. The number of hydrogen-bond donors (Lipinski definition) is 4. The van der Waals surface area contributed by atoms with Gasteiger partial charge in [0.1, 0.15) is 0 Å². The third-order valence-electron chi connectivity index (χ3n) is 4.85. The number of carboxylic acids is 2. The Kier molecular flexibility index (Phi) is 4.89. The molecule has 9 heteroatoms. The third kappa shape index (κ3) is 2.98. The van der Waals surface area contributed by atoms with Crippen molar-refractivity contribution in [1.29, 1.82) is 0 Å². The van der Waals surface area contributed by atoms with Gasteiger partial charge in [-0.15, -0.1) is 0 Å². The number of phenols is 1. The first-order valence-electron chi connectivity index (χ1n) is 7.39. The second-order valence-electron chi connectivity index (χ2n) is 6.21. The summed E-state index contributed by atoms with van der Waals surface area (Å²) in [6.45, 7) is 0.560. The molecule has 136 valence electrons. The number of carboxylic acid groups (broad SMARTS) is 3. The lowest BCUT2D eigenvalue weighted by Crippen LogP contribution is -2.28. The van der Waals surface area contributed by atoms with E-state index in [0.29, 0.717) is 12.3 Å². The summed E-state index contributed by atoms with van der Waals surface area (Å²) in [5.74, 6) is -1.73. The predicted octanol–water partition coefficient (Wildman–Crippen LogP) is 0.463. The van der Waals surface area contributed by atoms with Crippen molar-refractivity contribution in [3.8, 4) is 11.5 Å². The van der Waals surface area contributed by atoms with Crippen LogP contribution in [0.15, 0.2) is 18.2 Å². The van der Waals surface area contributed by atoms with Crippen LogP contribution in [0.25, 0.3) is 0 Å². The molecule has 1 aromatic rings. The van der Waals surface area contributed by atoms with Crippen molar-refractivity contribution in [3.05, 3.63) is 23.8 Å². The number of phenolic OH excluding ortho intramolecular Hbond substituents is 1. The molecule has 3 rings (SSSR count). The van der Waals surface area contributed by atoms with Gasteiger partial charge in [-0.05, 0) is 24.1 Å². The Hall–Kier alpha value is -2.81. The molecular formula is C16H19NO8. The Morgan fingerprint density at radius 2 is 1.76 bits per heavy atom. The molecule has 1 saturated heterocycles. The Balaban J connectivity index is 0.000000701. The zero-order valence-electron chi connectivity index (χ0n) is 13.5. The zero-order chi connectivity index (χ0) is 18.8. The molecule has 2 atom stereocenters. The Labute approximate surface area is 143 Å². The molecule has 25 heavy (non-hydrogen) atoms. The average Bonchev–Trinajstić information content (AvgIpc) is 3.08. The van der Waals surface area contributed by atoms with Crippen LogP contribution in [-0.2, 0) is 20.9 Å². The molecule has 1 aliphatic carbocycles. The van der Waals surface area contributed by atoms with Crippen LogP contribution >= 0.6 is 0 Å². The highest BCUT2D eigenvalue weighted by Gasteiger charge is 2.80. The minimum absolute atomic E-state index is 0.00486. The van der Waals surface area contributed by atoms with Crippen LogP contribution in [0.5, 0.6) is 11.5 Å². The molecule has 1 saturated carbocycles. The van der Waals surface area contributed by atoms with Gasteiger partial charge in [0.2, 0.25) is 0 Å². The number of nitrogens with zero attached hydrogens (tertiary/aromatic N) is 1. The number of fused-ring (bicyclic) bond motifs is 1. The molecule has 1 aromatic carbocycles. The molecule has 0 bridgehead atoms. The van der Waals surface area contributed by atoms with Gasteiger partial charge in [-0.25, -0.2) is 0 Å². The standard InChI is InChI=1S/C15H17NO6.CH2O2/c1-22-11-3-2-9(4-10(11)17)5-16-7-14(12(18)19)6-15(14,8-16)13(20)21;2-1-3/h2-4,17H,5-8H2,1H3,(H,18,19)(H,20,21);1H,(H,2,3)/t14-,15+;. The molecule has 9 nitrogen and oxygen atoms in total. The number of rotatable bonds is 5. The van der Waals surface area contributed by atoms with Crippen molar-refractivity contribution in [2.45, 2.75) is 13.0 Å². The summed E-state index contributed by atoms with van der Waals surface area (Å²) >= 11 is 0. The maximum Gasteiger partial charge on any atom is 0.312 e. The zero-order valence-corrected chi connectivity index (χ0v) is 13.5. The van der Waals surface area contributed by atoms with Crippen LogP contribution in [0.3, 0.4) is 0 Å². The van der Waals surface area contributed by atoms with Crippen LogP contribution in [-0.4, -0.2) is 63.9 Å². The van der Waals surface area contributed by atoms with E-state index in [-0.39, 0.29) is 31.7 Å². The summed E-state index contributed by atoms with van der Waals surface area (Å²) in [5, 5.41) is 35.4. The molecule has 0 spiro atoms. The van der Waals surface area contributed by atoms with Gasteiger partial charge in [-0.1, -0.05) is 6.07 Å². The van der Waals surface area contributed by atoms with Gasteiger partial charge in [0, 0.05) is 19.6 Å². The molecule has 1 aliphatic heterocycles. The SMILES string of the molecule is COc1ccc(CN2C[C@@]3(C(=O)O)C[C@@]3(C(=O)O)C2)cc1O.O=CO. The minimum Gasteiger partial charge on any atom is -0.504 e. The topological polar surface area (TPSA) is 145 Å². The molecule has 0 aromatic heterocycles. The number of hydrogen-bond acceptors (Lipinski definition) is 6. The third-order valence-corrected chi connectivity index (χ3v) is 4.85. The van der Waals surface area contributed by atoms with Crippen LogP contribution in [0.2, 0.25) is 0 Å². The number of carbonyl (C=O) groups is 3. The normalized spacial score (nSPS) is 26.8. The van der Waals surface area contributed by atoms with Gasteiger partial charge in [0.05, 0.1) is 17.9 Å². The summed E-state index contributed by atoms with van der Waals surface area (Å²) in [7, 11) is 1.45. The second-order valence-corrected chi connectivity index (χ2v) is 6.21. The Morgan fingerprint density at radius 3 is 2.16 bits per heavy atom. The first kappa shape index (κ1) is 18.5. The lowest BCUT2D eigenvalue weighted by atomic mass is 9.97. The van der Waals surface area contributed by atoms with E-state index in [9.17, 15) is 24.9 Å². The lowest BCUT2D eigenvalue weighted by Gasteiger charge is -2.19. The van der Waals surface area contributed by atoms with Crippen molar-refractivity contribution in [2.24, 2.45) is 10.8 Å². The van der Waals surface area contributed by atoms with Crippen molar-refractivity contribution in [2.75, 3.05) is 20.2 Å². The molecule has 2 fully saturated rings. The smallest absolute Gasteiger partial charge is 0.312 e. The van der Waals surface area contributed by atoms with Gasteiger partial charge in [0.15, 0.2) is 11.5 Å². The highest BCUT2D eigenvalue weighted by molar-refractivity contribution is 5.94. The highest BCUT2D eigenvalue weighted by Crippen LogP contribution is 2.68. The molecule has 0 amide bonds. The molecule has 0 radical (unpaired) electrons. The van der Waals surface area contributed by atoms with Gasteiger partial charge in [0.25, 0.3) is 6.47 Å². The maximum atomic E-state index is 11.5. The number of ether oxygens (including phenoxy) is 1. The number of likely N-dealkylation sites (tertiary alicyclic amines) is 1. The minimum atomic E-state index is -1.17. The van der Waals surface area contributed by atoms with Crippen molar-refractivity contribution < 1.29 is 39.5 Å². The van der Waals surface area contributed by atoms with Crippen LogP contribution in [0.1, 0.15) is 12.0 Å². The monoisotopic (exact) mass is 353 g/mol. The second kappa shape index (κ2) is 6.60. The van der Waals surface area contributed by atoms with Crippen molar-refractivity contribution >= 4 is 18.4 Å². The Morgan fingerprint density at radius 1 is 1.24 bits per heavy atom. The van der Waals surface area contributed by atoms with E-state index in [0.717, 1.165) is 5.56 Å². The van der Waals surface area contributed by atoms with E-state index >= 15 is 0 Å². The quantitative estimate of drug-likeness (QED) is 0.555. The summed E-state index contributed by atoms with van der Waals surface area (Å²) in [6, 6.07) is 4.94. The van der Waals surface area contributed by atoms with Gasteiger partial charge >= 0.3 is 11.9 Å². The number of piperidine rings is 1. The van der Waals surface area contributed by atoms with Gasteiger partial charge < -0.3 is 25.2 Å². The van der Waals surface area contributed by atoms with E-state index in [1.54, 1.807) is 18.2 Å². The first-order chi connectivity index (χ1) is 11.8. The van der Waals surface area contributed by atoms with Crippen LogP contribution < -0.4 is 4.74 Å². The number of aromatic hydroxyl groups is 1. The average molecular weight is 353 g/mol. The lowest BCUT2D eigenvalue weighted by molar-refractivity contribution is -0.151. The van der Waals surface area contributed by atoms with E-state index < -0.39 is 22.8 Å². The highest BCUT2D eigenvalue weighted by atomic mass is 16.5. The summed E-state index contributed by atoms with van der Waals surface area (Å²) in [4.78, 5) is 33.1. The van der Waals surface area contributed by atoms with E-state index in [4.69, 9.17) is 14.6 Å². The van der Waals surface area contributed by atoms with Crippen LogP contribution in [0, 0.1) is 10.8 Å². The number of benzene rings is 1. The summed E-state index contributed by atoms with van der Waals surface area (Å²) < 4.78 is 4.97. The first-order valence-corrected chi connectivity index (χ1v) is 7.39. The largest absolute Gasteiger partial charge is 0.504 e. The van der Waals surface area contributed by atoms with Gasteiger partial charge in [-0.3, -0.25) is 19.3 Å². The molecule has 0 unspecified atom stereocenters. The van der Waals surface area contributed by atoms with Crippen molar-refractivity contribution in [1.82, 2.24) is 4.90 Å². The van der Waals surface area contributed by atoms with Crippen molar-refractivity contribution in [3.63, 3.8) is 0 Å². The van der Waals surface area contributed by atoms with E-state index in [1.165, 1.54) is 7.11 Å². The number of aliphatic carboxylic acids is 2. The van der Waals surface area contributed by atoms with E-state index in [2.05, 4.69) is 0 Å². The molecule has 4 N–H and O–H groups in total. The maximum absolute atomic E-state index is 11.5. The fourth-order valence-corrected chi connectivity index (χ4v) is 3.60. The molecule has 1 heterocycles. The van der Waals surface area contributed by atoms with Crippen LogP contribution in [0.4, 0.5) is 0 Å². The molecule has 2 aliphatic rings. The summed E-state index contributed by atoms with van der Waals surface area (Å²) in [6.07, 6.45) is 0.190. The molecular weight excluding hydrogens is 334 g/mol. The fourth-order valence-electron chi connectivity index (χ4n) is 3.60. The van der Waals surface area contributed by atoms with Gasteiger partial charge in [-0.2, -0.15) is 0 Å². The predicted molar refractivity (Wildman–Crippen MR) is 83.4 cm³/mol.